The molecule has 152 valence electrons. The van der Waals surface area contributed by atoms with Gasteiger partial charge in [-0.1, -0.05) is 72.8 Å². The predicted octanol–water partition coefficient (Wildman–Crippen LogP) is 5.37. The van der Waals surface area contributed by atoms with E-state index in [0.717, 1.165) is 5.69 Å². The third kappa shape index (κ3) is 2.58. The summed E-state index contributed by atoms with van der Waals surface area (Å²) in [7, 11) is 0. The van der Waals surface area contributed by atoms with E-state index in [0.29, 0.717) is 0 Å². The summed E-state index contributed by atoms with van der Waals surface area (Å²) in [6, 6.07) is 47.2. The summed E-state index contributed by atoms with van der Waals surface area (Å²) in [6.07, 6.45) is 0. The Kier molecular flexibility index (Phi) is 3.89. The van der Waals surface area contributed by atoms with Crippen LogP contribution in [0.3, 0.4) is 0 Å². The van der Waals surface area contributed by atoms with Crippen molar-refractivity contribution in [2.24, 2.45) is 0 Å². The Morgan fingerprint density at radius 3 is 1.70 bits per heavy atom. The summed E-state index contributed by atoms with van der Waals surface area (Å²) in [4.78, 5) is 4.77. The second kappa shape index (κ2) is 7.05. The Bertz CT molecular complexity index is 1370. The standard InChI is InChI=1S/C30H19BN2/c1-3-12-22(13-4-1)32-26-18-9-7-16-24(26)31-25-17-8-10-19-27(25)33(23-14-5-2-6-15-23)29-21-11-20-28(32)30(29)31/h1,3-5,7-21H. The molecule has 5 aromatic rings. The van der Waals surface area contributed by atoms with E-state index in [1.807, 2.05) is 12.1 Å². The van der Waals surface area contributed by atoms with Crippen molar-refractivity contribution in [3.05, 3.63) is 127 Å². The molecular formula is C30H19BN2. The van der Waals surface area contributed by atoms with Gasteiger partial charge in [0, 0.05) is 34.5 Å². The van der Waals surface area contributed by atoms with Crippen LogP contribution in [0.5, 0.6) is 0 Å². The first-order chi connectivity index (χ1) is 16.4. The van der Waals surface area contributed by atoms with E-state index in [4.69, 9.17) is 0 Å². The SMILES string of the molecule is c1ccc(N2c3ccccc3B3c4ccccc4N(c4ccccc4)c4cccc2c43)cc#1. The van der Waals surface area contributed by atoms with Gasteiger partial charge in [-0.05, 0) is 64.9 Å². The molecule has 0 fully saturated rings. The highest BCUT2D eigenvalue weighted by molar-refractivity contribution is 7.00. The summed E-state index contributed by atoms with van der Waals surface area (Å²) in [5.74, 6) is 0. The van der Waals surface area contributed by atoms with Gasteiger partial charge in [0.15, 0.2) is 0 Å². The van der Waals surface area contributed by atoms with Crippen LogP contribution in [0.25, 0.3) is 0 Å². The maximum absolute atomic E-state index is 3.15. The summed E-state index contributed by atoms with van der Waals surface area (Å²) in [6.45, 7) is 0.180. The van der Waals surface area contributed by atoms with Gasteiger partial charge in [-0.25, -0.2) is 0 Å². The van der Waals surface area contributed by atoms with Crippen molar-refractivity contribution >= 4 is 57.2 Å². The van der Waals surface area contributed by atoms with Crippen LogP contribution in [0.1, 0.15) is 0 Å². The molecule has 0 N–H and O–H groups in total. The fourth-order valence-corrected chi connectivity index (χ4v) is 5.45. The first kappa shape index (κ1) is 18.2. The van der Waals surface area contributed by atoms with Crippen LogP contribution in [0, 0.1) is 12.1 Å². The van der Waals surface area contributed by atoms with Crippen LogP contribution in [0.2, 0.25) is 0 Å². The monoisotopic (exact) mass is 418 g/mol. The van der Waals surface area contributed by atoms with Gasteiger partial charge in [-0.3, -0.25) is 0 Å². The average Bonchev–Trinajstić information content (AvgIpc) is 2.89. The predicted molar refractivity (Wildman–Crippen MR) is 138 cm³/mol. The topological polar surface area (TPSA) is 6.48 Å². The largest absolute Gasteiger partial charge is 0.311 e. The third-order valence-corrected chi connectivity index (χ3v) is 6.72. The Morgan fingerprint density at radius 2 is 1.06 bits per heavy atom. The molecule has 0 saturated carbocycles. The lowest BCUT2D eigenvalue weighted by atomic mass is 9.33. The lowest BCUT2D eigenvalue weighted by Crippen LogP contribution is -2.61. The number of anilines is 6. The summed E-state index contributed by atoms with van der Waals surface area (Å²) in [5.41, 5.74) is 11.2. The molecule has 2 nitrogen and oxygen atoms in total. The molecule has 7 rings (SSSR count). The van der Waals surface area contributed by atoms with Gasteiger partial charge in [-0.2, -0.15) is 0 Å². The molecule has 0 saturated heterocycles. The molecule has 5 aromatic carbocycles. The second-order valence-corrected chi connectivity index (χ2v) is 8.46. The highest BCUT2D eigenvalue weighted by atomic mass is 15.2. The molecule has 0 aromatic heterocycles. The van der Waals surface area contributed by atoms with Crippen LogP contribution >= 0.6 is 0 Å². The Morgan fingerprint density at radius 1 is 0.485 bits per heavy atom. The van der Waals surface area contributed by atoms with E-state index in [1.54, 1.807) is 0 Å². The van der Waals surface area contributed by atoms with Gasteiger partial charge in [-0.15, -0.1) is 0 Å². The number of para-hydroxylation sites is 3. The van der Waals surface area contributed by atoms with Crippen molar-refractivity contribution in [1.29, 1.82) is 0 Å². The first-order valence-electron chi connectivity index (χ1n) is 11.3. The van der Waals surface area contributed by atoms with Crippen molar-refractivity contribution in [3.8, 4) is 0 Å². The van der Waals surface area contributed by atoms with Crippen LogP contribution in [0.15, 0.2) is 115 Å². The summed E-state index contributed by atoms with van der Waals surface area (Å²) < 4.78 is 0. The fourth-order valence-electron chi connectivity index (χ4n) is 5.45. The van der Waals surface area contributed by atoms with Crippen molar-refractivity contribution < 1.29 is 0 Å². The van der Waals surface area contributed by atoms with Gasteiger partial charge in [0.05, 0.1) is 5.69 Å². The van der Waals surface area contributed by atoms with Crippen molar-refractivity contribution in [1.82, 2.24) is 0 Å². The van der Waals surface area contributed by atoms with Crippen LogP contribution in [-0.4, -0.2) is 6.71 Å². The van der Waals surface area contributed by atoms with E-state index >= 15 is 0 Å². The third-order valence-electron chi connectivity index (χ3n) is 6.72. The Balaban J connectivity index is 1.58. The number of nitrogens with zero attached hydrogens (tertiary/aromatic N) is 2. The van der Waals surface area contributed by atoms with E-state index in [9.17, 15) is 0 Å². The minimum atomic E-state index is 0.180. The molecule has 0 amide bonds. The lowest BCUT2D eigenvalue weighted by Gasteiger charge is -2.43. The smallest absolute Gasteiger partial charge is 0.252 e. The van der Waals surface area contributed by atoms with Crippen molar-refractivity contribution in [3.63, 3.8) is 0 Å². The number of benzene rings is 4. The maximum Gasteiger partial charge on any atom is 0.252 e. The molecule has 0 radical (unpaired) electrons. The molecule has 0 atom stereocenters. The maximum atomic E-state index is 3.15. The molecule has 0 bridgehead atoms. The first-order valence-corrected chi connectivity index (χ1v) is 11.3. The van der Waals surface area contributed by atoms with Crippen LogP contribution in [-0.2, 0) is 0 Å². The second-order valence-electron chi connectivity index (χ2n) is 8.46. The molecule has 0 unspecified atom stereocenters. The van der Waals surface area contributed by atoms with Crippen LogP contribution < -0.4 is 26.2 Å². The zero-order valence-corrected chi connectivity index (χ0v) is 17.9. The highest BCUT2D eigenvalue weighted by Crippen LogP contribution is 2.43. The van der Waals surface area contributed by atoms with Gasteiger partial charge < -0.3 is 9.80 Å². The zero-order chi connectivity index (χ0) is 21.8. The number of rotatable bonds is 2. The van der Waals surface area contributed by atoms with E-state index < -0.39 is 0 Å². The number of fused-ring (bicyclic) bond motifs is 4. The van der Waals surface area contributed by atoms with E-state index in [2.05, 4.69) is 125 Å². The quantitative estimate of drug-likeness (QED) is 0.349. The van der Waals surface area contributed by atoms with E-state index in [-0.39, 0.29) is 6.71 Å². The number of hydrogen-bond donors (Lipinski definition) is 0. The van der Waals surface area contributed by atoms with Gasteiger partial charge >= 0.3 is 0 Å². The zero-order valence-electron chi connectivity index (χ0n) is 17.9. The molecule has 2 heterocycles. The fraction of sp³-hybridized carbons (Fsp3) is 0. The molecule has 2 aliphatic rings. The average molecular weight is 418 g/mol. The molecule has 33 heavy (non-hydrogen) atoms. The van der Waals surface area contributed by atoms with Crippen molar-refractivity contribution in [2.75, 3.05) is 9.80 Å². The molecular weight excluding hydrogens is 399 g/mol. The normalized spacial score (nSPS) is 13.0. The molecule has 2 aliphatic heterocycles. The van der Waals surface area contributed by atoms with Gasteiger partial charge in [0.25, 0.3) is 6.71 Å². The molecule has 3 heteroatoms. The van der Waals surface area contributed by atoms with E-state index in [1.165, 1.54) is 44.8 Å². The van der Waals surface area contributed by atoms with Gasteiger partial charge in [0.2, 0.25) is 0 Å². The lowest BCUT2D eigenvalue weighted by molar-refractivity contribution is 1.25. The summed E-state index contributed by atoms with van der Waals surface area (Å²) >= 11 is 0. The minimum Gasteiger partial charge on any atom is -0.311 e. The Hall–Kier alpha value is -4.42. The highest BCUT2D eigenvalue weighted by Gasteiger charge is 2.42. The molecule has 0 aliphatic carbocycles. The summed E-state index contributed by atoms with van der Waals surface area (Å²) in [5, 5.41) is 0. The Labute approximate surface area is 194 Å². The van der Waals surface area contributed by atoms with Crippen LogP contribution in [0.4, 0.5) is 34.1 Å². The minimum absolute atomic E-state index is 0.180. The number of hydrogen-bond acceptors (Lipinski definition) is 2. The van der Waals surface area contributed by atoms with Gasteiger partial charge in [0.1, 0.15) is 0 Å². The molecule has 0 spiro atoms. The van der Waals surface area contributed by atoms with Crippen molar-refractivity contribution in [2.45, 2.75) is 0 Å².